The van der Waals surface area contributed by atoms with Gasteiger partial charge in [0.15, 0.2) is 11.5 Å². The van der Waals surface area contributed by atoms with Gasteiger partial charge in [-0.3, -0.25) is 0 Å². The number of nitrogens with zero attached hydrogens (tertiary/aromatic N) is 1. The molecule has 1 heterocycles. The number of carbonyl (C=O) groups is 1. The number of hydrogen-bond donors (Lipinski definition) is 2. The molecule has 0 bridgehead atoms. The number of fused-ring (bicyclic) bond motifs is 1. The molecule has 2 N–H and O–H groups in total. The van der Waals surface area contributed by atoms with Crippen molar-refractivity contribution in [1.29, 1.82) is 0 Å². The highest BCUT2D eigenvalue weighted by Gasteiger charge is 2.14. The van der Waals surface area contributed by atoms with Crippen molar-refractivity contribution in [2.75, 3.05) is 40.6 Å². The lowest BCUT2D eigenvalue weighted by Gasteiger charge is -2.20. The van der Waals surface area contributed by atoms with E-state index in [1.807, 2.05) is 18.2 Å². The van der Waals surface area contributed by atoms with Crippen molar-refractivity contribution in [2.45, 2.75) is 12.5 Å². The van der Waals surface area contributed by atoms with E-state index in [1.54, 1.807) is 7.05 Å². The molecule has 0 saturated carbocycles. The van der Waals surface area contributed by atoms with Crippen molar-refractivity contribution >= 4 is 6.03 Å². The fourth-order valence-electron chi connectivity index (χ4n) is 2.19. The van der Waals surface area contributed by atoms with E-state index in [4.69, 9.17) is 14.2 Å². The van der Waals surface area contributed by atoms with E-state index >= 15 is 0 Å². The second kappa shape index (κ2) is 7.86. The van der Waals surface area contributed by atoms with Crippen LogP contribution in [0.15, 0.2) is 18.2 Å². The van der Waals surface area contributed by atoms with Crippen LogP contribution in [0.4, 0.5) is 4.79 Å². The summed E-state index contributed by atoms with van der Waals surface area (Å²) < 4.78 is 15.4. The molecule has 7 nitrogen and oxygen atoms in total. The zero-order chi connectivity index (χ0) is 15.9. The monoisotopic (exact) mass is 310 g/mol. The first-order valence-electron chi connectivity index (χ1n) is 7.14. The van der Waals surface area contributed by atoms with Gasteiger partial charge in [0.2, 0.25) is 6.79 Å². The molecular weight excluding hydrogens is 288 g/mol. The molecule has 22 heavy (non-hydrogen) atoms. The fourth-order valence-corrected chi connectivity index (χ4v) is 2.19. The van der Waals surface area contributed by atoms with E-state index in [0.29, 0.717) is 13.0 Å². The quantitative estimate of drug-likeness (QED) is 0.771. The normalized spacial score (nSPS) is 13.8. The number of methoxy groups -OCH3 is 1. The SMILES string of the molecule is COC[C@@H](O)CN(C)C(=O)NCCc1ccc2c(c1)OCO2. The van der Waals surface area contributed by atoms with Gasteiger partial charge in [0, 0.05) is 20.7 Å². The lowest BCUT2D eigenvalue weighted by molar-refractivity contribution is 0.0490. The van der Waals surface area contributed by atoms with Gasteiger partial charge in [0.05, 0.1) is 19.3 Å². The van der Waals surface area contributed by atoms with Crippen LogP contribution in [0.5, 0.6) is 11.5 Å². The Morgan fingerprint density at radius 1 is 1.45 bits per heavy atom. The van der Waals surface area contributed by atoms with Crippen molar-refractivity contribution in [3.63, 3.8) is 0 Å². The largest absolute Gasteiger partial charge is 0.454 e. The summed E-state index contributed by atoms with van der Waals surface area (Å²) in [4.78, 5) is 13.3. The van der Waals surface area contributed by atoms with Crippen molar-refractivity contribution in [1.82, 2.24) is 10.2 Å². The Morgan fingerprint density at radius 3 is 3.00 bits per heavy atom. The van der Waals surface area contributed by atoms with Crippen LogP contribution in [0, 0.1) is 0 Å². The summed E-state index contributed by atoms with van der Waals surface area (Å²) >= 11 is 0. The van der Waals surface area contributed by atoms with Gasteiger partial charge in [-0.2, -0.15) is 0 Å². The predicted molar refractivity (Wildman–Crippen MR) is 80.2 cm³/mol. The number of aliphatic hydroxyl groups excluding tert-OH is 1. The van der Waals surface area contributed by atoms with Crippen LogP contribution < -0.4 is 14.8 Å². The standard InChI is InChI=1S/C15H22N2O5/c1-17(8-12(18)9-20-2)15(19)16-6-5-11-3-4-13-14(7-11)22-10-21-13/h3-4,7,12,18H,5-6,8-10H2,1-2H3,(H,16,19)/t12-/m0/s1. The molecule has 1 aromatic rings. The molecule has 1 aromatic carbocycles. The smallest absolute Gasteiger partial charge is 0.317 e. The average Bonchev–Trinajstić information content (AvgIpc) is 2.94. The number of rotatable bonds is 7. The van der Waals surface area contributed by atoms with E-state index in [-0.39, 0.29) is 26.0 Å². The van der Waals surface area contributed by atoms with Gasteiger partial charge >= 0.3 is 6.03 Å². The third-order valence-corrected chi connectivity index (χ3v) is 3.32. The molecule has 1 aliphatic rings. The second-order valence-electron chi connectivity index (χ2n) is 5.16. The minimum atomic E-state index is -0.686. The Morgan fingerprint density at radius 2 is 2.23 bits per heavy atom. The van der Waals surface area contributed by atoms with Crippen LogP contribution in [-0.4, -0.2) is 62.8 Å². The van der Waals surface area contributed by atoms with E-state index < -0.39 is 6.10 Å². The number of amides is 2. The highest BCUT2D eigenvalue weighted by molar-refractivity contribution is 5.73. The third-order valence-electron chi connectivity index (χ3n) is 3.32. The Labute approximate surface area is 129 Å². The highest BCUT2D eigenvalue weighted by Crippen LogP contribution is 2.32. The molecule has 0 fully saturated rings. The predicted octanol–water partition coefficient (Wildman–Crippen LogP) is 0.607. The number of hydrogen-bond acceptors (Lipinski definition) is 5. The Hall–Kier alpha value is -1.99. The van der Waals surface area contributed by atoms with Crippen LogP contribution >= 0.6 is 0 Å². The summed E-state index contributed by atoms with van der Waals surface area (Å²) in [6.07, 6.45) is 0.00577. The topological polar surface area (TPSA) is 80.3 Å². The molecular formula is C15H22N2O5. The summed E-state index contributed by atoms with van der Waals surface area (Å²) in [6.45, 7) is 1.19. The maximum Gasteiger partial charge on any atom is 0.317 e. The van der Waals surface area contributed by atoms with E-state index in [2.05, 4.69) is 5.32 Å². The molecule has 0 saturated heterocycles. The van der Waals surface area contributed by atoms with Crippen molar-refractivity contribution in [3.8, 4) is 11.5 Å². The van der Waals surface area contributed by atoms with Crippen molar-refractivity contribution in [2.24, 2.45) is 0 Å². The summed E-state index contributed by atoms with van der Waals surface area (Å²) in [5, 5.41) is 12.4. The number of urea groups is 1. The lowest BCUT2D eigenvalue weighted by Crippen LogP contribution is -2.42. The van der Waals surface area contributed by atoms with Gasteiger partial charge in [-0.15, -0.1) is 0 Å². The third kappa shape index (κ3) is 4.51. The molecule has 7 heteroatoms. The van der Waals surface area contributed by atoms with Crippen LogP contribution in [0.25, 0.3) is 0 Å². The first-order valence-corrected chi connectivity index (χ1v) is 7.14. The van der Waals surface area contributed by atoms with Crippen LogP contribution in [0.2, 0.25) is 0 Å². The molecule has 1 aliphatic heterocycles. The molecule has 0 unspecified atom stereocenters. The highest BCUT2D eigenvalue weighted by atomic mass is 16.7. The summed E-state index contributed by atoms with van der Waals surface area (Å²) in [5.74, 6) is 1.49. The fraction of sp³-hybridized carbons (Fsp3) is 0.533. The number of nitrogens with one attached hydrogen (secondary N) is 1. The minimum absolute atomic E-state index is 0.203. The summed E-state index contributed by atoms with van der Waals surface area (Å²) in [6, 6.07) is 5.51. The Kier molecular flexibility index (Phi) is 5.85. The number of ether oxygens (including phenoxy) is 3. The Bertz CT molecular complexity index is 509. The number of carbonyl (C=O) groups excluding carboxylic acids is 1. The lowest BCUT2D eigenvalue weighted by atomic mass is 10.1. The number of likely N-dealkylation sites (N-methyl/N-ethyl adjacent to an activating group) is 1. The average molecular weight is 310 g/mol. The van der Waals surface area contributed by atoms with Gasteiger partial charge < -0.3 is 29.5 Å². The number of aliphatic hydroxyl groups is 1. The molecule has 2 rings (SSSR count). The molecule has 0 spiro atoms. The first kappa shape index (κ1) is 16.4. The maximum absolute atomic E-state index is 11.9. The first-order chi connectivity index (χ1) is 10.6. The molecule has 0 aliphatic carbocycles. The van der Waals surface area contributed by atoms with Gasteiger partial charge in [-0.05, 0) is 24.1 Å². The summed E-state index contributed by atoms with van der Waals surface area (Å²) in [5.41, 5.74) is 1.06. The Balaban J connectivity index is 1.72. The molecule has 0 aromatic heterocycles. The van der Waals surface area contributed by atoms with E-state index in [9.17, 15) is 9.90 Å². The second-order valence-corrected chi connectivity index (χ2v) is 5.16. The molecule has 0 radical (unpaired) electrons. The van der Waals surface area contributed by atoms with Crippen molar-refractivity contribution < 1.29 is 24.1 Å². The van der Waals surface area contributed by atoms with Crippen LogP contribution in [-0.2, 0) is 11.2 Å². The zero-order valence-corrected chi connectivity index (χ0v) is 12.9. The van der Waals surface area contributed by atoms with Gasteiger partial charge in [-0.25, -0.2) is 4.79 Å². The molecule has 1 atom stereocenters. The van der Waals surface area contributed by atoms with Crippen LogP contribution in [0.1, 0.15) is 5.56 Å². The maximum atomic E-state index is 11.9. The van der Waals surface area contributed by atoms with Gasteiger partial charge in [-0.1, -0.05) is 6.07 Å². The minimum Gasteiger partial charge on any atom is -0.454 e. The number of benzene rings is 1. The summed E-state index contributed by atoms with van der Waals surface area (Å²) in [7, 11) is 3.14. The molecule has 122 valence electrons. The van der Waals surface area contributed by atoms with Crippen LogP contribution in [0.3, 0.4) is 0 Å². The molecule has 2 amide bonds. The van der Waals surface area contributed by atoms with Gasteiger partial charge in [0.25, 0.3) is 0 Å². The van der Waals surface area contributed by atoms with E-state index in [0.717, 1.165) is 17.1 Å². The van der Waals surface area contributed by atoms with E-state index in [1.165, 1.54) is 12.0 Å². The zero-order valence-electron chi connectivity index (χ0n) is 12.9. The van der Waals surface area contributed by atoms with Crippen molar-refractivity contribution in [3.05, 3.63) is 23.8 Å². The van der Waals surface area contributed by atoms with Gasteiger partial charge in [0.1, 0.15) is 0 Å².